The van der Waals surface area contributed by atoms with Crippen LogP contribution in [0.2, 0.25) is 0 Å². The SMILES string of the molecule is Cc1ccc(CC2=CC(N)CNC2)cc1. The first-order valence-corrected chi connectivity index (χ1v) is 5.45. The van der Waals surface area contributed by atoms with Crippen LogP contribution in [-0.2, 0) is 6.42 Å². The van der Waals surface area contributed by atoms with Crippen LogP contribution in [0.25, 0.3) is 0 Å². The van der Waals surface area contributed by atoms with E-state index >= 15 is 0 Å². The normalized spacial score (nSPS) is 21.2. The van der Waals surface area contributed by atoms with Crippen molar-refractivity contribution in [2.45, 2.75) is 19.4 Å². The van der Waals surface area contributed by atoms with Crippen LogP contribution >= 0.6 is 0 Å². The van der Waals surface area contributed by atoms with E-state index in [1.54, 1.807) is 0 Å². The smallest absolute Gasteiger partial charge is 0.0354 e. The summed E-state index contributed by atoms with van der Waals surface area (Å²) in [7, 11) is 0. The van der Waals surface area contributed by atoms with Crippen LogP contribution in [-0.4, -0.2) is 19.1 Å². The van der Waals surface area contributed by atoms with E-state index in [4.69, 9.17) is 5.73 Å². The molecular formula is C13H18N2. The van der Waals surface area contributed by atoms with Gasteiger partial charge in [-0.1, -0.05) is 41.5 Å². The molecule has 1 aliphatic rings. The maximum atomic E-state index is 5.86. The zero-order valence-corrected chi connectivity index (χ0v) is 9.16. The molecule has 0 saturated heterocycles. The van der Waals surface area contributed by atoms with Gasteiger partial charge in [-0.15, -0.1) is 0 Å². The molecule has 0 amide bonds. The molecule has 1 aromatic carbocycles. The fourth-order valence-electron chi connectivity index (χ4n) is 1.91. The van der Waals surface area contributed by atoms with Gasteiger partial charge in [-0.05, 0) is 18.9 Å². The number of hydrogen-bond acceptors (Lipinski definition) is 2. The quantitative estimate of drug-likeness (QED) is 0.711. The summed E-state index contributed by atoms with van der Waals surface area (Å²) >= 11 is 0. The standard InChI is InChI=1S/C13H18N2/c1-10-2-4-11(5-3-10)6-12-7-13(14)9-15-8-12/h2-5,7,13,15H,6,8-9,14H2,1H3. The minimum atomic E-state index is 0.180. The Hall–Kier alpha value is -1.12. The molecule has 1 unspecified atom stereocenters. The van der Waals surface area contributed by atoms with Crippen LogP contribution in [0.15, 0.2) is 35.9 Å². The third kappa shape index (κ3) is 2.91. The molecule has 0 saturated carbocycles. The largest absolute Gasteiger partial charge is 0.323 e. The molecule has 0 radical (unpaired) electrons. The summed E-state index contributed by atoms with van der Waals surface area (Å²) in [5.41, 5.74) is 9.94. The number of rotatable bonds is 2. The predicted octanol–water partition coefficient (Wildman–Crippen LogP) is 1.39. The van der Waals surface area contributed by atoms with Gasteiger partial charge in [0.1, 0.15) is 0 Å². The van der Waals surface area contributed by atoms with Crippen LogP contribution < -0.4 is 11.1 Å². The van der Waals surface area contributed by atoms with Gasteiger partial charge in [0.15, 0.2) is 0 Å². The molecule has 1 aromatic rings. The summed E-state index contributed by atoms with van der Waals surface area (Å²) in [4.78, 5) is 0. The molecule has 0 spiro atoms. The van der Waals surface area contributed by atoms with E-state index in [-0.39, 0.29) is 6.04 Å². The van der Waals surface area contributed by atoms with Crippen LogP contribution in [0.5, 0.6) is 0 Å². The molecule has 1 aliphatic heterocycles. The Balaban J connectivity index is 2.05. The number of hydrogen-bond donors (Lipinski definition) is 2. The number of benzene rings is 1. The summed E-state index contributed by atoms with van der Waals surface area (Å²) in [6.07, 6.45) is 3.21. The van der Waals surface area contributed by atoms with E-state index in [1.807, 2.05) is 0 Å². The number of aryl methyl sites for hydroxylation is 1. The molecule has 3 N–H and O–H groups in total. The highest BCUT2D eigenvalue weighted by Gasteiger charge is 2.08. The number of nitrogens with two attached hydrogens (primary N) is 1. The van der Waals surface area contributed by atoms with Crippen LogP contribution in [0.4, 0.5) is 0 Å². The number of nitrogens with one attached hydrogen (secondary N) is 1. The summed E-state index contributed by atoms with van der Waals surface area (Å²) in [5, 5.41) is 3.32. The van der Waals surface area contributed by atoms with Gasteiger partial charge in [-0.25, -0.2) is 0 Å². The van der Waals surface area contributed by atoms with Crippen molar-refractivity contribution < 1.29 is 0 Å². The van der Waals surface area contributed by atoms with Crippen molar-refractivity contribution in [2.24, 2.45) is 5.73 Å². The van der Waals surface area contributed by atoms with Gasteiger partial charge in [-0.2, -0.15) is 0 Å². The topological polar surface area (TPSA) is 38.0 Å². The Labute approximate surface area is 91.2 Å². The van der Waals surface area contributed by atoms with Gasteiger partial charge in [0, 0.05) is 19.1 Å². The second-order valence-corrected chi connectivity index (χ2v) is 4.28. The molecule has 0 fully saturated rings. The Bertz CT molecular complexity index is 351. The van der Waals surface area contributed by atoms with Gasteiger partial charge < -0.3 is 11.1 Å². The third-order valence-corrected chi connectivity index (χ3v) is 2.73. The van der Waals surface area contributed by atoms with Crippen molar-refractivity contribution in [3.8, 4) is 0 Å². The summed E-state index contributed by atoms with van der Waals surface area (Å²) < 4.78 is 0. The fraction of sp³-hybridized carbons (Fsp3) is 0.385. The van der Waals surface area contributed by atoms with Gasteiger partial charge in [0.2, 0.25) is 0 Å². The molecule has 0 bridgehead atoms. The Kier molecular flexibility index (Phi) is 3.19. The molecule has 15 heavy (non-hydrogen) atoms. The van der Waals surface area contributed by atoms with Crippen molar-refractivity contribution in [3.63, 3.8) is 0 Å². The minimum Gasteiger partial charge on any atom is -0.323 e. The van der Waals surface area contributed by atoms with E-state index in [0.717, 1.165) is 19.5 Å². The van der Waals surface area contributed by atoms with Crippen LogP contribution in [0, 0.1) is 6.92 Å². The van der Waals surface area contributed by atoms with Crippen molar-refractivity contribution in [2.75, 3.05) is 13.1 Å². The molecule has 0 aliphatic carbocycles. The van der Waals surface area contributed by atoms with E-state index in [9.17, 15) is 0 Å². The summed E-state index contributed by atoms with van der Waals surface area (Å²) in [5.74, 6) is 0. The van der Waals surface area contributed by atoms with Gasteiger partial charge in [0.05, 0.1) is 0 Å². The Morgan fingerprint density at radius 1 is 1.33 bits per heavy atom. The molecule has 2 rings (SSSR count). The monoisotopic (exact) mass is 202 g/mol. The summed E-state index contributed by atoms with van der Waals surface area (Å²) in [6.45, 7) is 3.99. The highest BCUT2D eigenvalue weighted by Crippen LogP contribution is 2.11. The molecule has 2 nitrogen and oxygen atoms in total. The lowest BCUT2D eigenvalue weighted by Crippen LogP contribution is -2.38. The first kappa shape index (κ1) is 10.4. The average Bonchev–Trinajstić information content (AvgIpc) is 2.22. The molecule has 1 heterocycles. The molecule has 0 aromatic heterocycles. The van der Waals surface area contributed by atoms with E-state index in [1.165, 1.54) is 16.7 Å². The Morgan fingerprint density at radius 2 is 2.07 bits per heavy atom. The fourth-order valence-corrected chi connectivity index (χ4v) is 1.91. The van der Waals surface area contributed by atoms with Crippen LogP contribution in [0.3, 0.4) is 0 Å². The molecule has 1 atom stereocenters. The second-order valence-electron chi connectivity index (χ2n) is 4.28. The van der Waals surface area contributed by atoms with Gasteiger partial charge >= 0.3 is 0 Å². The van der Waals surface area contributed by atoms with Gasteiger partial charge in [-0.3, -0.25) is 0 Å². The highest BCUT2D eigenvalue weighted by atomic mass is 14.9. The minimum absolute atomic E-state index is 0.180. The van der Waals surface area contributed by atoms with Crippen LogP contribution in [0.1, 0.15) is 11.1 Å². The molecular weight excluding hydrogens is 184 g/mol. The predicted molar refractivity (Wildman–Crippen MR) is 63.8 cm³/mol. The van der Waals surface area contributed by atoms with Gasteiger partial charge in [0.25, 0.3) is 0 Å². The first-order valence-electron chi connectivity index (χ1n) is 5.45. The zero-order valence-electron chi connectivity index (χ0n) is 9.16. The lowest BCUT2D eigenvalue weighted by molar-refractivity contribution is 0.627. The van der Waals surface area contributed by atoms with Crippen molar-refractivity contribution in [3.05, 3.63) is 47.0 Å². The van der Waals surface area contributed by atoms with E-state index in [2.05, 4.69) is 42.6 Å². The highest BCUT2D eigenvalue weighted by molar-refractivity contribution is 5.27. The maximum absolute atomic E-state index is 5.86. The average molecular weight is 202 g/mol. The lowest BCUT2D eigenvalue weighted by Gasteiger charge is -2.19. The van der Waals surface area contributed by atoms with E-state index < -0.39 is 0 Å². The molecule has 2 heteroatoms. The molecule has 80 valence electrons. The lowest BCUT2D eigenvalue weighted by atomic mass is 10.00. The summed E-state index contributed by atoms with van der Waals surface area (Å²) in [6, 6.07) is 8.88. The second kappa shape index (κ2) is 4.60. The van der Waals surface area contributed by atoms with Crippen molar-refractivity contribution in [1.29, 1.82) is 0 Å². The Morgan fingerprint density at radius 3 is 2.73 bits per heavy atom. The maximum Gasteiger partial charge on any atom is 0.0354 e. The van der Waals surface area contributed by atoms with E-state index in [0.29, 0.717) is 0 Å². The zero-order chi connectivity index (χ0) is 10.7. The third-order valence-electron chi connectivity index (χ3n) is 2.73. The van der Waals surface area contributed by atoms with Crippen molar-refractivity contribution in [1.82, 2.24) is 5.32 Å². The first-order chi connectivity index (χ1) is 7.24. The van der Waals surface area contributed by atoms with Crippen molar-refractivity contribution >= 4 is 0 Å².